The summed E-state index contributed by atoms with van der Waals surface area (Å²) in [5, 5.41) is 7.60. The molecule has 0 amide bonds. The Kier molecular flexibility index (Phi) is 4.74. The zero-order valence-corrected chi connectivity index (χ0v) is 14.0. The van der Waals surface area contributed by atoms with E-state index in [9.17, 15) is 0 Å². The lowest BCUT2D eigenvalue weighted by Gasteiger charge is -2.14. The average Bonchev–Trinajstić information content (AvgIpc) is 2.58. The Morgan fingerprint density at radius 2 is 1.88 bits per heavy atom. The molecule has 0 spiro atoms. The first-order valence-corrected chi connectivity index (χ1v) is 8.10. The van der Waals surface area contributed by atoms with Crippen molar-refractivity contribution < 1.29 is 0 Å². The van der Waals surface area contributed by atoms with Gasteiger partial charge in [0.1, 0.15) is 12.0 Å². The van der Waals surface area contributed by atoms with Crippen molar-refractivity contribution in [2.75, 3.05) is 22.9 Å². The summed E-state index contributed by atoms with van der Waals surface area (Å²) in [6, 6.07) is 9.84. The number of benzene rings is 1. The van der Waals surface area contributed by atoms with Gasteiger partial charge < -0.3 is 16.4 Å². The van der Waals surface area contributed by atoms with Gasteiger partial charge in [-0.3, -0.25) is 4.98 Å². The molecule has 0 bridgehead atoms. The smallest absolute Gasteiger partial charge is 0.159 e. The Bertz CT molecular complexity index is 825. The third-order valence-electron chi connectivity index (χ3n) is 3.80. The summed E-state index contributed by atoms with van der Waals surface area (Å²) in [7, 11) is 0. The second kappa shape index (κ2) is 7.12. The van der Waals surface area contributed by atoms with E-state index in [1.807, 2.05) is 30.3 Å². The van der Waals surface area contributed by atoms with Crippen LogP contribution >= 0.6 is 0 Å². The molecule has 3 aromatic rings. The van der Waals surface area contributed by atoms with Crippen molar-refractivity contribution in [2.24, 2.45) is 5.92 Å². The molecule has 0 saturated carbocycles. The van der Waals surface area contributed by atoms with Crippen LogP contribution in [0.1, 0.15) is 20.3 Å². The van der Waals surface area contributed by atoms with Gasteiger partial charge in [-0.25, -0.2) is 9.97 Å². The van der Waals surface area contributed by atoms with Gasteiger partial charge in [0.05, 0.1) is 5.52 Å². The normalized spacial score (nSPS) is 11.0. The number of hydrogen-bond donors (Lipinski definition) is 3. The second-order valence-electron chi connectivity index (χ2n) is 6.09. The molecule has 0 aliphatic rings. The van der Waals surface area contributed by atoms with E-state index in [2.05, 4.69) is 39.4 Å². The molecular formula is C18H22N6. The van der Waals surface area contributed by atoms with Crippen molar-refractivity contribution >= 4 is 33.9 Å². The molecular weight excluding hydrogens is 300 g/mol. The predicted molar refractivity (Wildman–Crippen MR) is 99.4 cm³/mol. The molecule has 1 aromatic carbocycles. The molecule has 3 rings (SSSR count). The van der Waals surface area contributed by atoms with E-state index in [1.165, 1.54) is 6.33 Å². The SMILES string of the molecule is CC(C)CCNc1ncnc(Nc2cccc3ncccc23)c1N. The van der Waals surface area contributed by atoms with Crippen molar-refractivity contribution in [3.63, 3.8) is 0 Å². The van der Waals surface area contributed by atoms with Crippen LogP contribution in [0.25, 0.3) is 10.9 Å². The van der Waals surface area contributed by atoms with E-state index in [-0.39, 0.29) is 0 Å². The van der Waals surface area contributed by atoms with E-state index in [0.717, 1.165) is 29.6 Å². The molecule has 4 N–H and O–H groups in total. The van der Waals surface area contributed by atoms with Gasteiger partial charge in [0.15, 0.2) is 11.6 Å². The largest absolute Gasteiger partial charge is 0.393 e. The first-order chi connectivity index (χ1) is 11.6. The van der Waals surface area contributed by atoms with Gasteiger partial charge in [-0.15, -0.1) is 0 Å². The Morgan fingerprint density at radius 1 is 1.04 bits per heavy atom. The maximum atomic E-state index is 6.23. The summed E-state index contributed by atoms with van der Waals surface area (Å²) in [4.78, 5) is 12.9. The highest BCUT2D eigenvalue weighted by atomic mass is 15.1. The summed E-state index contributed by atoms with van der Waals surface area (Å²) in [6.07, 6.45) is 4.35. The van der Waals surface area contributed by atoms with Crippen LogP contribution in [0.2, 0.25) is 0 Å². The zero-order chi connectivity index (χ0) is 16.9. The molecule has 0 saturated heterocycles. The third kappa shape index (κ3) is 3.53. The molecule has 0 aliphatic heterocycles. The standard InChI is InChI=1S/C18H22N6/c1-12(2)8-10-21-17-16(19)18(23-11-22-17)24-15-7-3-6-14-13(15)5-4-9-20-14/h3-7,9,11-12H,8,10,19H2,1-2H3,(H2,21,22,23,24). The molecule has 6 heteroatoms. The maximum Gasteiger partial charge on any atom is 0.159 e. The minimum atomic E-state index is 0.516. The number of hydrogen-bond acceptors (Lipinski definition) is 6. The highest BCUT2D eigenvalue weighted by Crippen LogP contribution is 2.29. The predicted octanol–water partition coefficient (Wildman–Crippen LogP) is 3.81. The Hall–Kier alpha value is -2.89. The van der Waals surface area contributed by atoms with Crippen molar-refractivity contribution in [3.8, 4) is 0 Å². The number of anilines is 4. The first-order valence-electron chi connectivity index (χ1n) is 8.10. The number of nitrogens with two attached hydrogens (primary N) is 1. The van der Waals surface area contributed by atoms with Gasteiger partial charge in [-0.05, 0) is 36.6 Å². The molecule has 0 fully saturated rings. The topological polar surface area (TPSA) is 88.8 Å². The van der Waals surface area contributed by atoms with Gasteiger partial charge in [0, 0.05) is 23.8 Å². The maximum absolute atomic E-state index is 6.23. The van der Waals surface area contributed by atoms with Crippen molar-refractivity contribution in [3.05, 3.63) is 42.9 Å². The highest BCUT2D eigenvalue weighted by Gasteiger charge is 2.10. The zero-order valence-electron chi connectivity index (χ0n) is 14.0. The number of nitrogens with zero attached hydrogens (tertiary/aromatic N) is 3. The summed E-state index contributed by atoms with van der Waals surface area (Å²) in [5.41, 5.74) is 8.58. The average molecular weight is 322 g/mol. The van der Waals surface area contributed by atoms with Crippen LogP contribution in [0, 0.1) is 5.92 Å². The molecule has 6 nitrogen and oxygen atoms in total. The van der Waals surface area contributed by atoms with E-state index in [4.69, 9.17) is 5.73 Å². The van der Waals surface area contributed by atoms with Gasteiger partial charge in [-0.1, -0.05) is 19.9 Å². The van der Waals surface area contributed by atoms with Crippen molar-refractivity contribution in [1.29, 1.82) is 0 Å². The van der Waals surface area contributed by atoms with Gasteiger partial charge in [-0.2, -0.15) is 0 Å². The summed E-state index contributed by atoms with van der Waals surface area (Å²) in [5.74, 6) is 1.88. The summed E-state index contributed by atoms with van der Waals surface area (Å²) in [6.45, 7) is 5.20. The molecule has 0 atom stereocenters. The number of nitrogens with one attached hydrogen (secondary N) is 2. The van der Waals surface area contributed by atoms with Crippen LogP contribution in [0.4, 0.5) is 23.0 Å². The molecule has 0 radical (unpaired) electrons. The van der Waals surface area contributed by atoms with Crippen molar-refractivity contribution in [1.82, 2.24) is 15.0 Å². The quantitative estimate of drug-likeness (QED) is 0.639. The molecule has 0 aliphatic carbocycles. The van der Waals surface area contributed by atoms with Crippen LogP contribution in [-0.4, -0.2) is 21.5 Å². The van der Waals surface area contributed by atoms with Crippen molar-refractivity contribution in [2.45, 2.75) is 20.3 Å². The van der Waals surface area contributed by atoms with E-state index in [0.29, 0.717) is 23.2 Å². The Labute approximate surface area is 141 Å². The lowest BCUT2D eigenvalue weighted by Crippen LogP contribution is -2.10. The molecule has 124 valence electrons. The molecule has 2 aromatic heterocycles. The number of pyridine rings is 1. The van der Waals surface area contributed by atoms with Crippen LogP contribution in [0.5, 0.6) is 0 Å². The van der Waals surface area contributed by atoms with E-state index >= 15 is 0 Å². The van der Waals surface area contributed by atoms with Crippen LogP contribution in [0.3, 0.4) is 0 Å². The van der Waals surface area contributed by atoms with Crippen LogP contribution < -0.4 is 16.4 Å². The van der Waals surface area contributed by atoms with Gasteiger partial charge >= 0.3 is 0 Å². The highest BCUT2D eigenvalue weighted by molar-refractivity contribution is 5.94. The third-order valence-corrected chi connectivity index (χ3v) is 3.80. The van der Waals surface area contributed by atoms with Gasteiger partial charge in [0.25, 0.3) is 0 Å². The minimum Gasteiger partial charge on any atom is -0.393 e. The Morgan fingerprint density at radius 3 is 2.71 bits per heavy atom. The monoisotopic (exact) mass is 322 g/mol. The fourth-order valence-electron chi connectivity index (χ4n) is 2.46. The lowest BCUT2D eigenvalue weighted by atomic mass is 10.1. The summed E-state index contributed by atoms with van der Waals surface area (Å²) >= 11 is 0. The Balaban J connectivity index is 1.84. The number of aromatic nitrogens is 3. The first kappa shape index (κ1) is 16.0. The van der Waals surface area contributed by atoms with E-state index < -0.39 is 0 Å². The number of nitrogen functional groups attached to an aromatic ring is 1. The van der Waals surface area contributed by atoms with Crippen LogP contribution in [-0.2, 0) is 0 Å². The molecule has 0 unspecified atom stereocenters. The van der Waals surface area contributed by atoms with E-state index in [1.54, 1.807) is 6.20 Å². The minimum absolute atomic E-state index is 0.516. The lowest BCUT2D eigenvalue weighted by molar-refractivity contribution is 0.606. The number of rotatable bonds is 6. The van der Waals surface area contributed by atoms with Gasteiger partial charge in [0.2, 0.25) is 0 Å². The second-order valence-corrected chi connectivity index (χ2v) is 6.09. The molecule has 24 heavy (non-hydrogen) atoms. The number of fused-ring (bicyclic) bond motifs is 1. The van der Waals surface area contributed by atoms with Crippen LogP contribution in [0.15, 0.2) is 42.9 Å². The fourth-order valence-corrected chi connectivity index (χ4v) is 2.46. The summed E-state index contributed by atoms with van der Waals surface area (Å²) < 4.78 is 0. The fraction of sp³-hybridized carbons (Fsp3) is 0.278. The molecule has 2 heterocycles.